The van der Waals surface area contributed by atoms with E-state index in [4.69, 9.17) is 0 Å². The Morgan fingerprint density at radius 1 is 1.14 bits per heavy atom. The average molecular weight is 386 g/mol. The summed E-state index contributed by atoms with van der Waals surface area (Å²) in [6, 6.07) is 16.1. The van der Waals surface area contributed by atoms with Crippen molar-refractivity contribution in [3.05, 3.63) is 76.2 Å². The van der Waals surface area contributed by atoms with Crippen LogP contribution in [-0.2, 0) is 24.8 Å². The molecule has 1 N–H and O–H groups in total. The molecule has 146 valence electrons. The van der Waals surface area contributed by atoms with E-state index >= 15 is 0 Å². The van der Waals surface area contributed by atoms with Gasteiger partial charge in [0.1, 0.15) is 12.1 Å². The smallest absolute Gasteiger partial charge is 0.291 e. The van der Waals surface area contributed by atoms with Gasteiger partial charge in [-0.1, -0.05) is 42.5 Å². The highest BCUT2D eigenvalue weighted by Crippen LogP contribution is 2.30. The molecule has 2 aromatic heterocycles. The number of rotatable bonds is 3. The van der Waals surface area contributed by atoms with Gasteiger partial charge in [0.05, 0.1) is 12.2 Å². The van der Waals surface area contributed by atoms with Crippen LogP contribution < -0.4 is 10.9 Å². The van der Waals surface area contributed by atoms with Crippen LogP contribution in [0.4, 0.5) is 0 Å². The van der Waals surface area contributed by atoms with Gasteiger partial charge in [-0.2, -0.15) is 5.10 Å². The summed E-state index contributed by atoms with van der Waals surface area (Å²) in [5.41, 5.74) is 3.69. The first-order valence-corrected chi connectivity index (χ1v) is 9.94. The molecule has 0 spiro atoms. The Morgan fingerprint density at radius 2 is 1.93 bits per heavy atom. The molecule has 29 heavy (non-hydrogen) atoms. The molecule has 1 aliphatic carbocycles. The Morgan fingerprint density at radius 3 is 2.83 bits per heavy atom. The summed E-state index contributed by atoms with van der Waals surface area (Å²) >= 11 is 0. The lowest BCUT2D eigenvalue weighted by Crippen LogP contribution is -2.34. The van der Waals surface area contributed by atoms with Gasteiger partial charge in [0.15, 0.2) is 0 Å². The van der Waals surface area contributed by atoms with Gasteiger partial charge in [0, 0.05) is 23.3 Å². The fourth-order valence-electron chi connectivity index (χ4n) is 4.49. The molecule has 1 atom stereocenters. The first-order chi connectivity index (χ1) is 14.1. The van der Waals surface area contributed by atoms with Crippen molar-refractivity contribution in [2.24, 2.45) is 7.05 Å². The Bertz CT molecular complexity index is 1300. The molecule has 0 unspecified atom stereocenters. The second-order valence-electron chi connectivity index (χ2n) is 7.65. The maximum Gasteiger partial charge on any atom is 0.291 e. The second-order valence-corrected chi connectivity index (χ2v) is 7.65. The van der Waals surface area contributed by atoms with Crippen LogP contribution in [0.1, 0.15) is 30.0 Å². The van der Waals surface area contributed by atoms with Gasteiger partial charge in [-0.3, -0.25) is 9.59 Å². The van der Waals surface area contributed by atoms with Crippen molar-refractivity contribution in [1.29, 1.82) is 0 Å². The van der Waals surface area contributed by atoms with E-state index in [0.717, 1.165) is 35.6 Å². The van der Waals surface area contributed by atoms with Gasteiger partial charge in [-0.15, -0.1) is 0 Å². The SMILES string of the molecule is Cn1ncc2c3ccccc3n(CC(=O)N[C@H]3CCCc4ccccc43)c2c1=O. The van der Waals surface area contributed by atoms with E-state index < -0.39 is 0 Å². The number of para-hydroxylation sites is 1. The number of hydrogen-bond acceptors (Lipinski definition) is 3. The number of nitrogens with one attached hydrogen (secondary N) is 1. The highest BCUT2D eigenvalue weighted by atomic mass is 16.2. The van der Waals surface area contributed by atoms with Gasteiger partial charge in [-0.25, -0.2) is 4.68 Å². The largest absolute Gasteiger partial charge is 0.348 e. The molecule has 2 aromatic carbocycles. The van der Waals surface area contributed by atoms with Gasteiger partial charge in [0.2, 0.25) is 5.91 Å². The fourth-order valence-corrected chi connectivity index (χ4v) is 4.49. The highest BCUT2D eigenvalue weighted by molar-refractivity contribution is 6.07. The summed E-state index contributed by atoms with van der Waals surface area (Å²) in [6.07, 6.45) is 4.74. The normalized spacial score (nSPS) is 16.1. The topological polar surface area (TPSA) is 68.9 Å². The van der Waals surface area contributed by atoms with Crippen LogP contribution in [0.2, 0.25) is 0 Å². The second kappa shape index (κ2) is 6.88. The number of amides is 1. The minimum absolute atomic E-state index is 0.0186. The fraction of sp³-hybridized carbons (Fsp3) is 0.261. The van der Waals surface area contributed by atoms with Crippen LogP contribution in [-0.4, -0.2) is 20.3 Å². The minimum Gasteiger partial charge on any atom is -0.348 e. The minimum atomic E-state index is -0.200. The molecule has 5 rings (SSSR count). The molecule has 4 aromatic rings. The zero-order chi connectivity index (χ0) is 20.0. The number of carbonyl (C=O) groups excluding carboxylic acids is 1. The van der Waals surface area contributed by atoms with Gasteiger partial charge in [-0.05, 0) is 36.5 Å². The molecular formula is C23H22N4O2. The van der Waals surface area contributed by atoms with Crippen molar-refractivity contribution in [3.8, 4) is 0 Å². The van der Waals surface area contributed by atoms with Crippen LogP contribution in [0.3, 0.4) is 0 Å². The number of hydrogen-bond donors (Lipinski definition) is 1. The molecule has 0 saturated carbocycles. The summed E-state index contributed by atoms with van der Waals surface area (Å²) in [4.78, 5) is 25.8. The number of aryl methyl sites for hydroxylation is 2. The van der Waals surface area contributed by atoms with Crippen molar-refractivity contribution in [2.45, 2.75) is 31.8 Å². The molecule has 0 radical (unpaired) electrons. The van der Waals surface area contributed by atoms with Crippen molar-refractivity contribution in [2.75, 3.05) is 0 Å². The number of aromatic nitrogens is 3. The van der Waals surface area contributed by atoms with Crippen LogP contribution >= 0.6 is 0 Å². The first-order valence-electron chi connectivity index (χ1n) is 9.94. The molecule has 0 aliphatic heterocycles. The number of nitrogens with zero attached hydrogens (tertiary/aromatic N) is 3. The average Bonchev–Trinajstić information content (AvgIpc) is 3.05. The van der Waals surface area contributed by atoms with Crippen molar-refractivity contribution >= 4 is 27.7 Å². The number of benzene rings is 2. The molecule has 1 aliphatic rings. The van der Waals surface area contributed by atoms with Crippen LogP contribution in [0.5, 0.6) is 0 Å². The van der Waals surface area contributed by atoms with E-state index in [0.29, 0.717) is 5.52 Å². The molecular weight excluding hydrogens is 364 g/mol. The first kappa shape index (κ1) is 17.7. The lowest BCUT2D eigenvalue weighted by Gasteiger charge is -2.26. The Balaban J connectivity index is 1.53. The Labute approximate surface area is 167 Å². The summed E-state index contributed by atoms with van der Waals surface area (Å²) in [6.45, 7) is 0.0991. The summed E-state index contributed by atoms with van der Waals surface area (Å²) < 4.78 is 3.13. The van der Waals surface area contributed by atoms with Crippen molar-refractivity contribution in [1.82, 2.24) is 19.7 Å². The van der Waals surface area contributed by atoms with Crippen LogP contribution in [0.25, 0.3) is 21.8 Å². The highest BCUT2D eigenvalue weighted by Gasteiger charge is 2.23. The van der Waals surface area contributed by atoms with Gasteiger partial charge < -0.3 is 9.88 Å². The third-order valence-electron chi connectivity index (χ3n) is 5.87. The zero-order valence-electron chi connectivity index (χ0n) is 16.3. The van der Waals surface area contributed by atoms with E-state index in [2.05, 4.69) is 22.5 Å². The lowest BCUT2D eigenvalue weighted by molar-refractivity contribution is -0.122. The monoisotopic (exact) mass is 386 g/mol. The molecule has 1 amide bonds. The predicted molar refractivity (Wildman–Crippen MR) is 113 cm³/mol. The van der Waals surface area contributed by atoms with E-state index in [1.54, 1.807) is 13.2 Å². The maximum absolute atomic E-state index is 13.0. The Hall–Kier alpha value is -3.41. The summed E-state index contributed by atoms with van der Waals surface area (Å²) in [5.74, 6) is -0.0896. The van der Waals surface area contributed by atoms with Crippen LogP contribution in [0, 0.1) is 0 Å². The number of fused-ring (bicyclic) bond motifs is 4. The van der Waals surface area contributed by atoms with Crippen molar-refractivity contribution < 1.29 is 4.79 Å². The molecule has 6 nitrogen and oxygen atoms in total. The van der Waals surface area contributed by atoms with E-state index in [-0.39, 0.29) is 24.1 Å². The molecule has 0 bridgehead atoms. The van der Waals surface area contributed by atoms with E-state index in [9.17, 15) is 9.59 Å². The van der Waals surface area contributed by atoms with Gasteiger partial charge >= 0.3 is 0 Å². The quantitative estimate of drug-likeness (QED) is 0.588. The van der Waals surface area contributed by atoms with Gasteiger partial charge in [0.25, 0.3) is 5.56 Å². The Kier molecular flexibility index (Phi) is 4.19. The molecule has 0 saturated heterocycles. The summed E-state index contributed by atoms with van der Waals surface area (Å²) in [7, 11) is 1.63. The molecule has 6 heteroatoms. The van der Waals surface area contributed by atoms with E-state index in [1.807, 2.05) is 41.0 Å². The predicted octanol–water partition coefficient (Wildman–Crippen LogP) is 3.08. The van der Waals surface area contributed by atoms with E-state index in [1.165, 1.54) is 15.8 Å². The maximum atomic E-state index is 13.0. The molecule has 0 fully saturated rings. The standard InChI is InChI=1S/C23H22N4O2/c1-26-23(29)22-18(13-24-26)17-10-4-5-12-20(17)27(22)14-21(28)25-19-11-6-8-15-7-2-3-9-16(15)19/h2-5,7,9-10,12-13,19H,6,8,11,14H2,1H3,(H,25,28)/t19-/m0/s1. The zero-order valence-corrected chi connectivity index (χ0v) is 16.3. The third kappa shape index (κ3) is 2.92. The number of carbonyl (C=O) groups is 1. The van der Waals surface area contributed by atoms with Crippen LogP contribution in [0.15, 0.2) is 59.5 Å². The third-order valence-corrected chi connectivity index (χ3v) is 5.87. The van der Waals surface area contributed by atoms with Crippen molar-refractivity contribution in [3.63, 3.8) is 0 Å². The lowest BCUT2D eigenvalue weighted by atomic mass is 9.88. The molecule has 2 heterocycles. The summed E-state index contributed by atoms with van der Waals surface area (Å²) in [5, 5.41) is 9.06.